The van der Waals surface area contributed by atoms with Crippen molar-refractivity contribution < 1.29 is 19.1 Å². The third-order valence-electron chi connectivity index (χ3n) is 4.09. The summed E-state index contributed by atoms with van der Waals surface area (Å²) < 4.78 is 10.1. The first kappa shape index (κ1) is 20.1. The minimum Gasteiger partial charge on any atom is -0.465 e. The van der Waals surface area contributed by atoms with Gasteiger partial charge in [0.05, 0.1) is 37.3 Å². The van der Waals surface area contributed by atoms with E-state index in [0.29, 0.717) is 29.6 Å². The highest BCUT2D eigenvalue weighted by atomic mass is 32.2. The summed E-state index contributed by atoms with van der Waals surface area (Å²) in [5.41, 5.74) is 1.57. The third-order valence-corrected chi connectivity index (χ3v) is 4.94. The smallest absolute Gasteiger partial charge is 0.339 e. The molecule has 8 nitrogen and oxygen atoms in total. The number of methoxy groups -OCH3 is 1. The summed E-state index contributed by atoms with van der Waals surface area (Å²) in [5.74, 6) is 0.219. The van der Waals surface area contributed by atoms with Gasteiger partial charge in [-0.3, -0.25) is 4.79 Å². The molecule has 1 amide bonds. The van der Waals surface area contributed by atoms with Crippen LogP contribution in [0.25, 0.3) is 0 Å². The van der Waals surface area contributed by atoms with Gasteiger partial charge in [0.15, 0.2) is 5.16 Å². The maximum Gasteiger partial charge on any atom is 0.339 e. The topological polar surface area (TPSA) is 93.6 Å². The van der Waals surface area contributed by atoms with E-state index in [-0.39, 0.29) is 11.7 Å². The minimum absolute atomic E-state index is 0.126. The van der Waals surface area contributed by atoms with Crippen molar-refractivity contribution in [1.82, 2.24) is 9.97 Å². The van der Waals surface area contributed by atoms with Crippen LogP contribution in [0.4, 0.5) is 11.5 Å². The van der Waals surface area contributed by atoms with Gasteiger partial charge in [0.1, 0.15) is 5.82 Å². The molecular formula is C19H22N4O4S. The molecule has 2 heterocycles. The van der Waals surface area contributed by atoms with Crippen molar-refractivity contribution in [2.24, 2.45) is 0 Å². The number of para-hydroxylation sites is 1. The van der Waals surface area contributed by atoms with Gasteiger partial charge in [-0.1, -0.05) is 23.9 Å². The number of benzene rings is 1. The number of carbonyl (C=O) groups excluding carboxylic acids is 2. The van der Waals surface area contributed by atoms with Crippen molar-refractivity contribution in [2.75, 3.05) is 49.4 Å². The number of nitrogens with one attached hydrogen (secondary N) is 1. The average molecular weight is 402 g/mol. The van der Waals surface area contributed by atoms with Crippen molar-refractivity contribution in [3.63, 3.8) is 0 Å². The molecule has 1 N–H and O–H groups in total. The average Bonchev–Trinajstić information content (AvgIpc) is 2.72. The monoisotopic (exact) mass is 402 g/mol. The van der Waals surface area contributed by atoms with Gasteiger partial charge in [-0.05, 0) is 19.1 Å². The molecule has 2 aromatic rings. The minimum atomic E-state index is -0.499. The van der Waals surface area contributed by atoms with E-state index in [0.717, 1.165) is 24.6 Å². The maximum absolute atomic E-state index is 12.4. The van der Waals surface area contributed by atoms with Gasteiger partial charge in [-0.2, -0.15) is 0 Å². The molecule has 0 atom stereocenters. The third kappa shape index (κ3) is 5.20. The van der Waals surface area contributed by atoms with Gasteiger partial charge < -0.3 is 19.7 Å². The Morgan fingerprint density at radius 2 is 2.00 bits per heavy atom. The number of hydrogen-bond donors (Lipinski definition) is 1. The summed E-state index contributed by atoms with van der Waals surface area (Å²) in [6, 6.07) is 8.65. The van der Waals surface area contributed by atoms with Gasteiger partial charge in [0, 0.05) is 24.8 Å². The fourth-order valence-corrected chi connectivity index (χ4v) is 3.44. The molecular weight excluding hydrogens is 380 g/mol. The lowest BCUT2D eigenvalue weighted by molar-refractivity contribution is -0.113. The summed E-state index contributed by atoms with van der Waals surface area (Å²) in [5, 5.41) is 3.29. The van der Waals surface area contributed by atoms with E-state index in [2.05, 4.69) is 20.2 Å². The van der Waals surface area contributed by atoms with E-state index in [1.54, 1.807) is 24.3 Å². The zero-order valence-corrected chi connectivity index (χ0v) is 16.6. The van der Waals surface area contributed by atoms with Crippen LogP contribution in [-0.2, 0) is 14.3 Å². The van der Waals surface area contributed by atoms with Crippen LogP contribution in [0.15, 0.2) is 35.5 Å². The second kappa shape index (κ2) is 9.52. The van der Waals surface area contributed by atoms with Gasteiger partial charge in [0.25, 0.3) is 0 Å². The number of ether oxygens (including phenoxy) is 2. The van der Waals surface area contributed by atoms with E-state index >= 15 is 0 Å². The number of esters is 1. The van der Waals surface area contributed by atoms with Crippen molar-refractivity contribution in [3.05, 3.63) is 41.6 Å². The number of hydrogen-bond acceptors (Lipinski definition) is 8. The zero-order valence-electron chi connectivity index (χ0n) is 15.8. The molecule has 9 heteroatoms. The predicted molar refractivity (Wildman–Crippen MR) is 107 cm³/mol. The SMILES string of the molecule is COC(=O)c1ccccc1NC(=O)CSc1nc(C)cc(N2CCOCC2)n1. The first-order valence-electron chi connectivity index (χ1n) is 8.85. The highest BCUT2D eigenvalue weighted by Crippen LogP contribution is 2.21. The number of aryl methyl sites for hydroxylation is 1. The Kier molecular flexibility index (Phi) is 6.83. The Labute approximate surface area is 167 Å². The number of carbonyl (C=O) groups is 2. The molecule has 1 aromatic heterocycles. The van der Waals surface area contributed by atoms with Gasteiger partial charge in [0.2, 0.25) is 5.91 Å². The Morgan fingerprint density at radius 3 is 2.75 bits per heavy atom. The molecule has 1 saturated heterocycles. The zero-order chi connectivity index (χ0) is 19.9. The van der Waals surface area contributed by atoms with Gasteiger partial charge in [-0.15, -0.1) is 0 Å². The predicted octanol–water partition coefficient (Wildman–Crippen LogP) is 2.14. The van der Waals surface area contributed by atoms with Crippen molar-refractivity contribution >= 4 is 35.1 Å². The van der Waals surface area contributed by atoms with Crippen LogP contribution < -0.4 is 10.2 Å². The number of thioether (sulfide) groups is 1. The summed E-state index contributed by atoms with van der Waals surface area (Å²) in [7, 11) is 1.30. The van der Waals surface area contributed by atoms with Crippen molar-refractivity contribution in [1.29, 1.82) is 0 Å². The number of rotatable bonds is 6. The Bertz CT molecular complexity index is 856. The number of aromatic nitrogens is 2. The van der Waals surface area contributed by atoms with E-state index in [1.165, 1.54) is 18.9 Å². The van der Waals surface area contributed by atoms with Gasteiger partial charge >= 0.3 is 5.97 Å². The summed E-state index contributed by atoms with van der Waals surface area (Å²) in [6.45, 7) is 4.82. The second-order valence-electron chi connectivity index (χ2n) is 6.12. The Morgan fingerprint density at radius 1 is 1.25 bits per heavy atom. The molecule has 0 unspecified atom stereocenters. The van der Waals surface area contributed by atoms with Crippen LogP contribution in [0.5, 0.6) is 0 Å². The van der Waals surface area contributed by atoms with Crippen molar-refractivity contribution in [3.8, 4) is 0 Å². The molecule has 3 rings (SSSR count). The molecule has 0 spiro atoms. The first-order chi connectivity index (χ1) is 13.6. The molecule has 1 fully saturated rings. The van der Waals surface area contributed by atoms with Crippen LogP contribution in [0.3, 0.4) is 0 Å². The number of amides is 1. The molecule has 1 aromatic carbocycles. The fraction of sp³-hybridized carbons (Fsp3) is 0.368. The van der Waals surface area contributed by atoms with Crippen LogP contribution in [0.1, 0.15) is 16.1 Å². The van der Waals surface area contributed by atoms with Crippen LogP contribution in [-0.4, -0.2) is 61.0 Å². The highest BCUT2D eigenvalue weighted by molar-refractivity contribution is 7.99. The molecule has 28 heavy (non-hydrogen) atoms. The quantitative estimate of drug-likeness (QED) is 0.446. The number of anilines is 2. The second-order valence-corrected chi connectivity index (χ2v) is 7.07. The Balaban J connectivity index is 1.63. The van der Waals surface area contributed by atoms with Gasteiger partial charge in [-0.25, -0.2) is 14.8 Å². The number of morpholine rings is 1. The summed E-state index contributed by atoms with van der Waals surface area (Å²) >= 11 is 1.25. The maximum atomic E-state index is 12.4. The molecule has 0 radical (unpaired) electrons. The van der Waals surface area contributed by atoms with Crippen LogP contribution in [0.2, 0.25) is 0 Å². The molecule has 1 aliphatic rings. The molecule has 148 valence electrons. The molecule has 0 bridgehead atoms. The fourth-order valence-electron chi connectivity index (χ4n) is 2.74. The Hall–Kier alpha value is -2.65. The largest absolute Gasteiger partial charge is 0.465 e. The van der Waals surface area contributed by atoms with Crippen molar-refractivity contribution in [2.45, 2.75) is 12.1 Å². The lowest BCUT2D eigenvalue weighted by Gasteiger charge is -2.28. The van der Waals surface area contributed by atoms with E-state index in [1.807, 2.05) is 13.0 Å². The normalized spacial score (nSPS) is 13.9. The first-order valence-corrected chi connectivity index (χ1v) is 9.84. The van der Waals surface area contributed by atoms with Crippen LogP contribution >= 0.6 is 11.8 Å². The van der Waals surface area contributed by atoms with Crippen LogP contribution in [0, 0.1) is 6.92 Å². The standard InChI is InChI=1S/C19H22N4O4S/c1-13-11-16(23-7-9-27-10-8-23)22-19(20-13)28-12-17(24)21-15-6-4-3-5-14(15)18(25)26-2/h3-6,11H,7-10,12H2,1-2H3,(H,21,24). The van der Waals surface area contributed by atoms with E-state index in [9.17, 15) is 9.59 Å². The highest BCUT2D eigenvalue weighted by Gasteiger charge is 2.16. The molecule has 0 saturated carbocycles. The summed E-state index contributed by atoms with van der Waals surface area (Å²) in [6.07, 6.45) is 0. The lowest BCUT2D eigenvalue weighted by atomic mass is 10.2. The van der Waals surface area contributed by atoms with E-state index < -0.39 is 5.97 Å². The summed E-state index contributed by atoms with van der Waals surface area (Å²) in [4.78, 5) is 35.3. The lowest BCUT2D eigenvalue weighted by Crippen LogP contribution is -2.36. The van der Waals surface area contributed by atoms with E-state index in [4.69, 9.17) is 9.47 Å². The number of nitrogens with zero attached hydrogens (tertiary/aromatic N) is 3. The molecule has 0 aliphatic carbocycles. The molecule has 1 aliphatic heterocycles.